The highest BCUT2D eigenvalue weighted by Crippen LogP contribution is 2.30. The quantitative estimate of drug-likeness (QED) is 0.767. The van der Waals surface area contributed by atoms with Crippen molar-refractivity contribution in [1.29, 1.82) is 0 Å². The molecule has 2 fully saturated rings. The first-order chi connectivity index (χ1) is 10.2. The molecule has 9 heteroatoms. The van der Waals surface area contributed by atoms with Crippen LogP contribution in [0.4, 0.5) is 19.0 Å². The summed E-state index contributed by atoms with van der Waals surface area (Å²) in [5.74, 6) is 0.738. The molecule has 2 aliphatic rings. The number of rotatable bonds is 1. The number of halogens is 3. The van der Waals surface area contributed by atoms with Crippen LogP contribution in [0.2, 0.25) is 0 Å². The number of nitrogens with zero attached hydrogens (tertiary/aromatic N) is 3. The lowest BCUT2D eigenvalue weighted by molar-refractivity contribution is -0.137. The highest BCUT2D eigenvalue weighted by atomic mass is 32.2. The van der Waals surface area contributed by atoms with E-state index in [0.717, 1.165) is 12.3 Å². The van der Waals surface area contributed by atoms with Crippen LogP contribution in [0.1, 0.15) is 5.56 Å². The number of alkyl halides is 3. The lowest BCUT2D eigenvalue weighted by Crippen LogP contribution is -2.59. The second kappa shape index (κ2) is 5.38. The van der Waals surface area contributed by atoms with Crippen LogP contribution in [0.3, 0.4) is 0 Å². The van der Waals surface area contributed by atoms with E-state index in [2.05, 4.69) is 9.88 Å². The van der Waals surface area contributed by atoms with Gasteiger partial charge in [-0.1, -0.05) is 0 Å². The van der Waals surface area contributed by atoms with Crippen LogP contribution in [0.25, 0.3) is 0 Å². The minimum Gasteiger partial charge on any atom is -0.354 e. The molecule has 0 bridgehead atoms. The number of hydrogen-bond donors (Lipinski definition) is 0. The molecule has 1 atom stereocenters. The largest absolute Gasteiger partial charge is 0.417 e. The van der Waals surface area contributed by atoms with Crippen LogP contribution < -0.4 is 4.90 Å². The van der Waals surface area contributed by atoms with Gasteiger partial charge < -0.3 is 4.90 Å². The van der Waals surface area contributed by atoms with E-state index in [4.69, 9.17) is 0 Å². The molecule has 2 aliphatic heterocycles. The third-order valence-electron chi connectivity index (χ3n) is 4.14. The van der Waals surface area contributed by atoms with E-state index in [0.29, 0.717) is 32.0 Å². The minimum absolute atomic E-state index is 0.101. The van der Waals surface area contributed by atoms with E-state index in [1.54, 1.807) is 0 Å². The van der Waals surface area contributed by atoms with Gasteiger partial charge in [0.25, 0.3) is 0 Å². The van der Waals surface area contributed by atoms with Crippen molar-refractivity contribution in [3.63, 3.8) is 0 Å². The van der Waals surface area contributed by atoms with E-state index >= 15 is 0 Å². The fourth-order valence-corrected chi connectivity index (χ4v) is 4.51. The maximum atomic E-state index is 12.5. The van der Waals surface area contributed by atoms with Gasteiger partial charge in [0.1, 0.15) is 5.82 Å². The van der Waals surface area contributed by atoms with Crippen LogP contribution in [0.15, 0.2) is 18.3 Å². The number of sulfone groups is 1. The molecule has 2 saturated heterocycles. The average molecular weight is 335 g/mol. The van der Waals surface area contributed by atoms with Gasteiger partial charge in [-0.2, -0.15) is 13.2 Å². The zero-order chi connectivity index (χ0) is 16.0. The Morgan fingerprint density at radius 3 is 2.59 bits per heavy atom. The summed E-state index contributed by atoms with van der Waals surface area (Å²) in [7, 11) is -3.02. The van der Waals surface area contributed by atoms with Crippen LogP contribution in [-0.4, -0.2) is 62.0 Å². The predicted molar refractivity (Wildman–Crippen MR) is 75.5 cm³/mol. The molecule has 0 aliphatic carbocycles. The average Bonchev–Trinajstić information content (AvgIpc) is 2.45. The highest BCUT2D eigenvalue weighted by Gasteiger charge is 2.36. The van der Waals surface area contributed by atoms with E-state index < -0.39 is 21.6 Å². The van der Waals surface area contributed by atoms with Crippen molar-refractivity contribution in [3.8, 4) is 0 Å². The Balaban J connectivity index is 1.73. The molecule has 5 nitrogen and oxygen atoms in total. The van der Waals surface area contributed by atoms with Crippen LogP contribution in [0.5, 0.6) is 0 Å². The van der Waals surface area contributed by atoms with Gasteiger partial charge in [0.15, 0.2) is 9.84 Å². The van der Waals surface area contributed by atoms with Gasteiger partial charge in [0.05, 0.1) is 17.1 Å². The molecule has 0 aromatic carbocycles. The third kappa shape index (κ3) is 3.19. The molecule has 0 unspecified atom stereocenters. The standard InChI is InChI=1S/C13H16F3N3O2S/c14-13(15,16)10-1-2-12(17-7-10)19-4-3-18-5-6-22(20,21)9-11(18)8-19/h1-2,7,11H,3-6,8-9H2/t11-/m1/s1. The van der Waals surface area contributed by atoms with Crippen molar-refractivity contribution in [2.45, 2.75) is 12.2 Å². The second-order valence-electron chi connectivity index (χ2n) is 5.65. The van der Waals surface area contributed by atoms with Gasteiger partial charge in [0.2, 0.25) is 0 Å². The lowest BCUT2D eigenvalue weighted by atomic mass is 10.2. The van der Waals surface area contributed by atoms with Crippen LogP contribution in [0, 0.1) is 0 Å². The van der Waals surface area contributed by atoms with Crippen molar-refractivity contribution in [2.75, 3.05) is 42.6 Å². The first-order valence-electron chi connectivity index (χ1n) is 6.97. The van der Waals surface area contributed by atoms with Gasteiger partial charge in [-0.15, -0.1) is 0 Å². The predicted octanol–water partition coefficient (Wildman–Crippen LogP) is 1.02. The normalized spacial score (nSPS) is 25.8. The maximum absolute atomic E-state index is 12.5. The summed E-state index contributed by atoms with van der Waals surface area (Å²) in [4.78, 5) is 7.86. The Hall–Kier alpha value is -1.35. The Kier molecular flexibility index (Phi) is 3.80. The van der Waals surface area contributed by atoms with E-state index in [1.807, 2.05) is 4.90 Å². The van der Waals surface area contributed by atoms with Gasteiger partial charge in [-0.25, -0.2) is 13.4 Å². The Morgan fingerprint density at radius 1 is 1.18 bits per heavy atom. The monoisotopic (exact) mass is 335 g/mol. The number of pyridine rings is 1. The van der Waals surface area contributed by atoms with Gasteiger partial charge in [-0.3, -0.25) is 4.90 Å². The van der Waals surface area contributed by atoms with Crippen LogP contribution >= 0.6 is 0 Å². The van der Waals surface area contributed by atoms with E-state index in [9.17, 15) is 21.6 Å². The Bertz CT molecular complexity index is 645. The van der Waals surface area contributed by atoms with E-state index in [1.165, 1.54) is 6.07 Å². The number of piperazine rings is 1. The molecule has 22 heavy (non-hydrogen) atoms. The summed E-state index contributed by atoms with van der Waals surface area (Å²) in [5.41, 5.74) is -0.782. The van der Waals surface area contributed by atoms with Crippen molar-refractivity contribution in [1.82, 2.24) is 9.88 Å². The molecule has 3 heterocycles. The summed E-state index contributed by atoms with van der Waals surface area (Å²) in [6.07, 6.45) is -3.58. The zero-order valence-corrected chi connectivity index (χ0v) is 12.6. The smallest absolute Gasteiger partial charge is 0.354 e. The number of aromatic nitrogens is 1. The first-order valence-corrected chi connectivity index (χ1v) is 8.79. The van der Waals surface area contributed by atoms with Crippen molar-refractivity contribution < 1.29 is 21.6 Å². The SMILES string of the molecule is O=S1(=O)CCN2CCN(c3ccc(C(F)(F)F)cn3)C[C@@H]2C1. The summed E-state index contributed by atoms with van der Waals surface area (Å²) in [6, 6.07) is 2.24. The molecule has 0 radical (unpaired) electrons. The number of fused-ring (bicyclic) bond motifs is 1. The van der Waals surface area contributed by atoms with Crippen molar-refractivity contribution in [3.05, 3.63) is 23.9 Å². The van der Waals surface area contributed by atoms with Gasteiger partial charge >= 0.3 is 6.18 Å². The summed E-state index contributed by atoms with van der Waals surface area (Å²) in [6.45, 7) is 2.33. The van der Waals surface area contributed by atoms with E-state index in [-0.39, 0.29) is 17.5 Å². The molecular weight excluding hydrogens is 319 g/mol. The van der Waals surface area contributed by atoms with Crippen molar-refractivity contribution >= 4 is 15.7 Å². The zero-order valence-electron chi connectivity index (χ0n) is 11.8. The summed E-state index contributed by atoms with van der Waals surface area (Å²) in [5, 5.41) is 0. The second-order valence-corrected chi connectivity index (χ2v) is 7.88. The molecule has 0 amide bonds. The maximum Gasteiger partial charge on any atom is 0.417 e. The Morgan fingerprint density at radius 2 is 1.95 bits per heavy atom. The fourth-order valence-electron chi connectivity index (χ4n) is 2.93. The van der Waals surface area contributed by atoms with Gasteiger partial charge in [0, 0.05) is 38.4 Å². The molecular formula is C13H16F3N3O2S. The number of anilines is 1. The fraction of sp³-hybridized carbons (Fsp3) is 0.615. The third-order valence-corrected chi connectivity index (χ3v) is 5.84. The molecule has 0 saturated carbocycles. The summed E-state index contributed by atoms with van der Waals surface area (Å²) < 4.78 is 61.1. The first kappa shape index (κ1) is 15.5. The summed E-state index contributed by atoms with van der Waals surface area (Å²) >= 11 is 0. The molecule has 122 valence electrons. The van der Waals surface area contributed by atoms with Crippen LogP contribution in [-0.2, 0) is 16.0 Å². The molecule has 1 aromatic heterocycles. The molecule has 1 aromatic rings. The Labute approximate surface area is 126 Å². The van der Waals surface area contributed by atoms with Crippen molar-refractivity contribution in [2.24, 2.45) is 0 Å². The van der Waals surface area contributed by atoms with Gasteiger partial charge in [-0.05, 0) is 12.1 Å². The molecule has 0 N–H and O–H groups in total. The molecule has 0 spiro atoms. The number of hydrogen-bond acceptors (Lipinski definition) is 5. The molecule has 3 rings (SSSR count). The lowest BCUT2D eigenvalue weighted by Gasteiger charge is -2.44. The highest BCUT2D eigenvalue weighted by molar-refractivity contribution is 7.91. The topological polar surface area (TPSA) is 53.5 Å². The minimum atomic E-state index is -4.40.